The number of guanidine groups is 1. The number of para-hydroxylation sites is 1. The summed E-state index contributed by atoms with van der Waals surface area (Å²) >= 11 is 0. The number of hydrogen-bond acceptors (Lipinski definition) is 5. The Bertz CT molecular complexity index is 837. The molecular weight excluding hydrogens is 538 g/mol. The highest BCUT2D eigenvalue weighted by Crippen LogP contribution is 2.27. The first kappa shape index (κ1) is 26.6. The lowest BCUT2D eigenvalue weighted by molar-refractivity contribution is -0.141. The third kappa shape index (κ3) is 9.48. The molecule has 2 aromatic rings. The summed E-state index contributed by atoms with van der Waals surface area (Å²) in [5.41, 5.74) is -0.557. The molecule has 0 unspecified atom stereocenters. The molecule has 172 valence electrons. The van der Waals surface area contributed by atoms with Crippen LogP contribution in [0.2, 0.25) is 0 Å². The number of aliphatic imine (C=N–C) groups is 1. The fourth-order valence-electron chi connectivity index (χ4n) is 2.31. The summed E-state index contributed by atoms with van der Waals surface area (Å²) in [4.78, 5) is 11.5. The summed E-state index contributed by atoms with van der Waals surface area (Å²) in [5, 5.41) is 8.65. The highest BCUT2D eigenvalue weighted by molar-refractivity contribution is 14.0. The number of nitrogens with one attached hydrogen (secondary N) is 3. The van der Waals surface area contributed by atoms with Gasteiger partial charge in [-0.3, -0.25) is 0 Å². The van der Waals surface area contributed by atoms with Crippen LogP contribution < -0.4 is 20.7 Å². The van der Waals surface area contributed by atoms with Crippen LogP contribution in [0.25, 0.3) is 0 Å². The van der Waals surface area contributed by atoms with Crippen LogP contribution in [-0.4, -0.2) is 42.2 Å². The molecule has 0 radical (unpaired) electrons. The van der Waals surface area contributed by atoms with E-state index in [2.05, 4.69) is 35.6 Å². The molecule has 31 heavy (non-hydrogen) atoms. The maximum absolute atomic E-state index is 12.7. The maximum Gasteiger partial charge on any atom is 0.433 e. The molecule has 2 rings (SSSR count). The minimum Gasteiger partial charge on any atom is -0.434 e. The number of ether oxygens (including phenoxy) is 1. The van der Waals surface area contributed by atoms with Crippen molar-refractivity contribution in [2.75, 3.05) is 25.0 Å². The van der Waals surface area contributed by atoms with Gasteiger partial charge in [0.15, 0.2) is 5.96 Å². The van der Waals surface area contributed by atoms with Gasteiger partial charge in [-0.05, 0) is 19.1 Å². The van der Waals surface area contributed by atoms with Crippen LogP contribution in [0.4, 0.5) is 27.9 Å². The number of nitrogens with zero attached hydrogens (tertiary/aromatic N) is 3. The van der Waals surface area contributed by atoms with Crippen LogP contribution in [0.5, 0.6) is 5.75 Å². The van der Waals surface area contributed by atoms with Crippen molar-refractivity contribution in [3.63, 3.8) is 0 Å². The topological polar surface area (TPSA) is 83.5 Å². The largest absolute Gasteiger partial charge is 0.434 e. The molecule has 0 saturated heterocycles. The number of alkyl halides is 5. The van der Waals surface area contributed by atoms with Crippen molar-refractivity contribution in [2.45, 2.75) is 26.3 Å². The Hall–Kier alpha value is -2.45. The van der Waals surface area contributed by atoms with Crippen molar-refractivity contribution in [1.29, 1.82) is 0 Å². The molecule has 7 nitrogen and oxygen atoms in total. The van der Waals surface area contributed by atoms with Gasteiger partial charge in [0.1, 0.15) is 11.4 Å². The first-order valence-corrected chi connectivity index (χ1v) is 8.98. The van der Waals surface area contributed by atoms with Gasteiger partial charge in [0.2, 0.25) is 5.95 Å². The summed E-state index contributed by atoms with van der Waals surface area (Å²) < 4.78 is 67.5. The zero-order valence-electron chi connectivity index (χ0n) is 16.4. The van der Waals surface area contributed by atoms with Gasteiger partial charge in [0.05, 0.1) is 6.54 Å². The Morgan fingerprint density at radius 3 is 2.55 bits per heavy atom. The van der Waals surface area contributed by atoms with Crippen molar-refractivity contribution >= 4 is 35.9 Å². The van der Waals surface area contributed by atoms with E-state index in [9.17, 15) is 22.0 Å². The molecule has 3 N–H and O–H groups in total. The molecule has 0 bridgehead atoms. The van der Waals surface area contributed by atoms with E-state index in [1.54, 1.807) is 18.2 Å². The molecule has 1 heterocycles. The molecule has 0 fully saturated rings. The van der Waals surface area contributed by atoms with E-state index < -0.39 is 18.5 Å². The molecule has 13 heteroatoms. The van der Waals surface area contributed by atoms with Crippen molar-refractivity contribution in [1.82, 2.24) is 20.6 Å². The third-order valence-corrected chi connectivity index (χ3v) is 3.59. The molecule has 0 amide bonds. The van der Waals surface area contributed by atoms with E-state index in [-0.39, 0.29) is 48.8 Å². The lowest BCUT2D eigenvalue weighted by Gasteiger charge is -2.13. The van der Waals surface area contributed by atoms with Crippen LogP contribution in [0.15, 0.2) is 41.5 Å². The van der Waals surface area contributed by atoms with E-state index in [0.717, 1.165) is 12.3 Å². The maximum atomic E-state index is 12.7. The quantitative estimate of drug-likeness (QED) is 0.142. The zero-order chi connectivity index (χ0) is 22.0. The van der Waals surface area contributed by atoms with E-state index in [1.165, 1.54) is 6.07 Å². The number of hydrogen-bond donors (Lipinski definition) is 3. The summed E-state index contributed by atoms with van der Waals surface area (Å²) in [6.07, 6.45) is -3.52. The van der Waals surface area contributed by atoms with Crippen LogP contribution in [0.1, 0.15) is 18.2 Å². The second kappa shape index (κ2) is 13.1. The van der Waals surface area contributed by atoms with E-state index in [0.29, 0.717) is 24.6 Å². The molecule has 0 aliphatic carbocycles. The second-order valence-corrected chi connectivity index (χ2v) is 5.80. The molecule has 0 aliphatic rings. The van der Waals surface area contributed by atoms with Crippen molar-refractivity contribution in [3.05, 3.63) is 47.8 Å². The lowest BCUT2D eigenvalue weighted by Crippen LogP contribution is -2.39. The molecule has 0 aliphatic heterocycles. The molecule has 0 saturated carbocycles. The summed E-state index contributed by atoms with van der Waals surface area (Å²) in [5.74, 6) is 0.290. The Morgan fingerprint density at radius 1 is 1.13 bits per heavy atom. The fraction of sp³-hybridized carbons (Fsp3) is 0.389. The predicted molar refractivity (Wildman–Crippen MR) is 117 cm³/mol. The molecule has 1 aromatic carbocycles. The Balaban J connectivity index is 0.00000480. The number of halogens is 6. The highest BCUT2D eigenvalue weighted by atomic mass is 127. The summed E-state index contributed by atoms with van der Waals surface area (Å²) in [7, 11) is 0. The average molecular weight is 560 g/mol. The van der Waals surface area contributed by atoms with Gasteiger partial charge in [-0.1, -0.05) is 18.2 Å². The van der Waals surface area contributed by atoms with Crippen LogP contribution in [0, 0.1) is 0 Å². The van der Waals surface area contributed by atoms with Gasteiger partial charge in [-0.25, -0.2) is 15.0 Å². The average Bonchev–Trinajstić information content (AvgIpc) is 2.69. The van der Waals surface area contributed by atoms with E-state index >= 15 is 0 Å². The molecule has 1 aromatic heterocycles. The molecule has 0 spiro atoms. The highest BCUT2D eigenvalue weighted by Gasteiger charge is 2.32. The SMILES string of the molecule is CCNC(=NCc1ccccc1OC(F)F)NCCNc1nccc(C(F)(F)F)n1.I. The van der Waals surface area contributed by atoms with Gasteiger partial charge in [-0.15, -0.1) is 24.0 Å². The number of aromatic nitrogens is 2. The van der Waals surface area contributed by atoms with Crippen LogP contribution in [0.3, 0.4) is 0 Å². The minimum absolute atomic E-state index is 0. The normalized spacial score (nSPS) is 11.6. The first-order valence-electron chi connectivity index (χ1n) is 8.98. The van der Waals surface area contributed by atoms with Crippen molar-refractivity contribution in [3.8, 4) is 5.75 Å². The van der Waals surface area contributed by atoms with E-state index in [4.69, 9.17) is 0 Å². The monoisotopic (exact) mass is 560 g/mol. The molecule has 0 atom stereocenters. The molecular formula is C18H22F5IN6O. The van der Waals surface area contributed by atoms with Gasteiger partial charge in [0, 0.05) is 31.4 Å². The van der Waals surface area contributed by atoms with Crippen LogP contribution in [-0.2, 0) is 12.7 Å². The second-order valence-electron chi connectivity index (χ2n) is 5.80. The van der Waals surface area contributed by atoms with Gasteiger partial charge in [-0.2, -0.15) is 22.0 Å². The van der Waals surface area contributed by atoms with Crippen molar-refractivity contribution < 1.29 is 26.7 Å². The van der Waals surface area contributed by atoms with Crippen LogP contribution >= 0.6 is 24.0 Å². The Kier molecular flexibility index (Phi) is 11.2. The predicted octanol–water partition coefficient (Wildman–Crippen LogP) is 3.88. The zero-order valence-corrected chi connectivity index (χ0v) is 18.7. The summed E-state index contributed by atoms with van der Waals surface area (Å²) in [6, 6.07) is 7.10. The number of rotatable bonds is 9. The number of benzene rings is 1. The number of anilines is 1. The summed E-state index contributed by atoms with van der Waals surface area (Å²) in [6.45, 7) is 0.0516. The Morgan fingerprint density at radius 2 is 1.87 bits per heavy atom. The smallest absolute Gasteiger partial charge is 0.433 e. The fourth-order valence-corrected chi connectivity index (χ4v) is 2.31. The van der Waals surface area contributed by atoms with Gasteiger partial charge < -0.3 is 20.7 Å². The first-order chi connectivity index (χ1) is 14.3. The van der Waals surface area contributed by atoms with E-state index in [1.807, 2.05) is 6.92 Å². The standard InChI is InChI=1S/C18H21F5N6O.HI/c1-2-24-16(28-11-12-5-3-4-6-13(12)30-15(19)20)26-9-10-27-17-25-8-7-14(29-17)18(21,22)23;/h3-8,15H,2,9-11H2,1H3,(H2,24,26,28)(H,25,27,29);1H. The Labute approximate surface area is 192 Å². The van der Waals surface area contributed by atoms with Gasteiger partial charge >= 0.3 is 12.8 Å². The lowest BCUT2D eigenvalue weighted by atomic mass is 10.2. The van der Waals surface area contributed by atoms with Gasteiger partial charge in [0.25, 0.3) is 0 Å². The third-order valence-electron chi connectivity index (χ3n) is 3.59. The minimum atomic E-state index is -4.55. The van der Waals surface area contributed by atoms with Crippen molar-refractivity contribution in [2.24, 2.45) is 4.99 Å².